The zero-order chi connectivity index (χ0) is 18.2. The fourth-order valence-corrected chi connectivity index (χ4v) is 2.43. The van der Waals surface area contributed by atoms with Crippen LogP contribution in [0.15, 0.2) is 48.5 Å². The Bertz CT molecular complexity index is 977. The van der Waals surface area contributed by atoms with Crippen molar-refractivity contribution >= 4 is 28.3 Å². The summed E-state index contributed by atoms with van der Waals surface area (Å²) < 4.78 is 38.1. The number of Topliss-reactive ketones (excluding diaryl/α,β-unsaturated/α-hetero) is 1. The van der Waals surface area contributed by atoms with Gasteiger partial charge in [0.05, 0.1) is 11.1 Å². The summed E-state index contributed by atoms with van der Waals surface area (Å²) in [5, 5.41) is 12.3. The average molecular weight is 348 g/mol. The van der Waals surface area contributed by atoms with Crippen molar-refractivity contribution in [2.45, 2.75) is 6.18 Å². The molecule has 1 heterocycles. The first-order valence-corrected chi connectivity index (χ1v) is 7.10. The first-order valence-electron chi connectivity index (χ1n) is 7.10. The maximum atomic E-state index is 12.7. The summed E-state index contributed by atoms with van der Waals surface area (Å²) in [7, 11) is 0. The Hall–Kier alpha value is -3.29. The number of hydrogen-bond donors (Lipinski definition) is 3. The third kappa shape index (κ3) is 3.18. The number of para-hydroxylation sites is 1. The number of alkyl halides is 3. The first-order chi connectivity index (χ1) is 11.8. The second-order valence-electron chi connectivity index (χ2n) is 5.26. The van der Waals surface area contributed by atoms with Crippen LogP contribution in [0.4, 0.5) is 18.9 Å². The Kier molecular flexibility index (Phi) is 3.96. The fourth-order valence-electron chi connectivity index (χ4n) is 2.43. The largest absolute Gasteiger partial charge is 0.494 e. The highest BCUT2D eigenvalue weighted by Gasteiger charge is 2.31. The number of aromatic hydroxyl groups is 1. The van der Waals surface area contributed by atoms with Crippen LogP contribution in [0.25, 0.3) is 10.9 Å². The van der Waals surface area contributed by atoms with Gasteiger partial charge in [0.25, 0.3) is 11.7 Å². The van der Waals surface area contributed by atoms with E-state index in [0.717, 1.165) is 18.2 Å². The molecule has 0 fully saturated rings. The second-order valence-corrected chi connectivity index (χ2v) is 5.26. The molecular formula is C17H11F3N2O3. The number of H-pyrrole nitrogens is 1. The van der Waals surface area contributed by atoms with Gasteiger partial charge in [-0.25, -0.2) is 0 Å². The molecule has 3 N–H and O–H groups in total. The summed E-state index contributed by atoms with van der Waals surface area (Å²) in [4.78, 5) is 27.0. The number of amides is 1. The number of fused-ring (bicyclic) bond motifs is 1. The Morgan fingerprint density at radius 1 is 1.04 bits per heavy atom. The van der Waals surface area contributed by atoms with E-state index < -0.39 is 29.3 Å². The van der Waals surface area contributed by atoms with Gasteiger partial charge >= 0.3 is 6.18 Å². The molecule has 0 unspecified atom stereocenters. The van der Waals surface area contributed by atoms with Crippen LogP contribution in [0.2, 0.25) is 0 Å². The number of aromatic nitrogens is 1. The van der Waals surface area contributed by atoms with Crippen LogP contribution >= 0.6 is 0 Å². The summed E-state index contributed by atoms with van der Waals surface area (Å²) in [5.74, 6) is -2.70. The predicted molar refractivity (Wildman–Crippen MR) is 84.4 cm³/mol. The van der Waals surface area contributed by atoms with Crippen LogP contribution in [0, 0.1) is 0 Å². The van der Waals surface area contributed by atoms with Crippen molar-refractivity contribution in [2.75, 3.05) is 5.32 Å². The quantitative estimate of drug-likeness (QED) is 0.498. The molecular weight excluding hydrogens is 337 g/mol. The molecule has 0 radical (unpaired) electrons. The molecule has 1 amide bonds. The standard InChI is InChI=1S/C17H11F3N2O3/c18-17(19,20)9-4-3-5-10(8-9)21-16(25)14(23)13-11-6-1-2-7-12(11)22-15(13)24/h1-8,22,24H,(H,21,25). The molecule has 0 aliphatic rings. The topological polar surface area (TPSA) is 82.2 Å². The number of halogens is 3. The van der Waals surface area contributed by atoms with E-state index in [1.54, 1.807) is 18.2 Å². The molecule has 8 heteroatoms. The van der Waals surface area contributed by atoms with E-state index >= 15 is 0 Å². The van der Waals surface area contributed by atoms with E-state index in [2.05, 4.69) is 10.3 Å². The van der Waals surface area contributed by atoms with Crippen LogP contribution in [0.3, 0.4) is 0 Å². The van der Waals surface area contributed by atoms with Crippen molar-refractivity contribution in [1.29, 1.82) is 0 Å². The van der Waals surface area contributed by atoms with Crippen molar-refractivity contribution in [1.82, 2.24) is 4.98 Å². The summed E-state index contributed by atoms with van der Waals surface area (Å²) in [5.41, 5.74) is -0.907. The lowest BCUT2D eigenvalue weighted by atomic mass is 10.1. The van der Waals surface area contributed by atoms with Gasteiger partial charge in [-0.3, -0.25) is 9.59 Å². The van der Waals surface area contributed by atoms with Crippen LogP contribution < -0.4 is 5.32 Å². The van der Waals surface area contributed by atoms with E-state index in [-0.39, 0.29) is 11.3 Å². The number of rotatable bonds is 3. The molecule has 0 spiro atoms. The van der Waals surface area contributed by atoms with E-state index in [4.69, 9.17) is 0 Å². The number of carbonyl (C=O) groups excluding carboxylic acids is 2. The van der Waals surface area contributed by atoms with Gasteiger partial charge in [-0.05, 0) is 24.3 Å². The molecule has 3 rings (SSSR count). The highest BCUT2D eigenvalue weighted by atomic mass is 19.4. The minimum Gasteiger partial charge on any atom is -0.494 e. The Morgan fingerprint density at radius 2 is 1.76 bits per heavy atom. The smallest absolute Gasteiger partial charge is 0.416 e. The van der Waals surface area contributed by atoms with E-state index in [1.807, 2.05) is 0 Å². The van der Waals surface area contributed by atoms with Crippen molar-refractivity contribution in [3.8, 4) is 5.88 Å². The minimum absolute atomic E-state index is 0.174. The molecule has 0 saturated carbocycles. The van der Waals surface area contributed by atoms with Gasteiger partial charge < -0.3 is 15.4 Å². The zero-order valence-electron chi connectivity index (χ0n) is 12.5. The highest BCUT2D eigenvalue weighted by Crippen LogP contribution is 2.31. The van der Waals surface area contributed by atoms with Gasteiger partial charge in [-0.2, -0.15) is 13.2 Å². The number of benzene rings is 2. The summed E-state index contributed by atoms with van der Waals surface area (Å²) in [6, 6.07) is 10.4. The van der Waals surface area contributed by atoms with Gasteiger partial charge in [0, 0.05) is 16.6 Å². The third-order valence-corrected chi connectivity index (χ3v) is 3.57. The molecule has 2 aromatic carbocycles. The summed E-state index contributed by atoms with van der Waals surface area (Å²) in [6.07, 6.45) is -4.57. The maximum Gasteiger partial charge on any atom is 0.416 e. The molecule has 0 bridgehead atoms. The highest BCUT2D eigenvalue weighted by molar-refractivity contribution is 6.49. The number of aromatic amines is 1. The van der Waals surface area contributed by atoms with E-state index in [0.29, 0.717) is 10.9 Å². The number of nitrogens with one attached hydrogen (secondary N) is 2. The molecule has 25 heavy (non-hydrogen) atoms. The monoisotopic (exact) mass is 348 g/mol. The Labute approximate surface area is 139 Å². The molecule has 5 nitrogen and oxygen atoms in total. The van der Waals surface area contributed by atoms with Crippen molar-refractivity contribution in [3.05, 3.63) is 59.7 Å². The molecule has 3 aromatic rings. The zero-order valence-corrected chi connectivity index (χ0v) is 12.5. The first kappa shape index (κ1) is 16.6. The number of carbonyl (C=O) groups is 2. The Balaban J connectivity index is 1.89. The van der Waals surface area contributed by atoms with E-state index in [9.17, 15) is 27.9 Å². The molecule has 0 saturated heterocycles. The molecule has 0 aliphatic carbocycles. The number of hydrogen-bond acceptors (Lipinski definition) is 3. The van der Waals surface area contributed by atoms with Crippen LogP contribution in [0.5, 0.6) is 5.88 Å². The van der Waals surface area contributed by atoms with Gasteiger partial charge in [0.1, 0.15) is 0 Å². The molecule has 0 atom stereocenters. The minimum atomic E-state index is -4.57. The lowest BCUT2D eigenvalue weighted by molar-refractivity contribution is -0.137. The average Bonchev–Trinajstić information content (AvgIpc) is 2.89. The van der Waals surface area contributed by atoms with Crippen molar-refractivity contribution in [2.24, 2.45) is 0 Å². The number of ketones is 1. The summed E-state index contributed by atoms with van der Waals surface area (Å²) in [6.45, 7) is 0. The van der Waals surface area contributed by atoms with Gasteiger partial charge in [0.2, 0.25) is 5.88 Å². The van der Waals surface area contributed by atoms with Crippen LogP contribution in [-0.2, 0) is 11.0 Å². The third-order valence-electron chi connectivity index (χ3n) is 3.57. The van der Waals surface area contributed by atoms with Gasteiger partial charge in [-0.15, -0.1) is 0 Å². The maximum absolute atomic E-state index is 12.7. The Morgan fingerprint density at radius 3 is 2.48 bits per heavy atom. The van der Waals surface area contributed by atoms with Gasteiger partial charge in [0.15, 0.2) is 0 Å². The fraction of sp³-hybridized carbons (Fsp3) is 0.0588. The van der Waals surface area contributed by atoms with E-state index in [1.165, 1.54) is 12.1 Å². The van der Waals surface area contributed by atoms with Crippen LogP contribution in [0.1, 0.15) is 15.9 Å². The molecule has 0 aliphatic heterocycles. The predicted octanol–water partition coefficient (Wildman–Crippen LogP) is 3.71. The molecule has 1 aromatic heterocycles. The SMILES string of the molecule is O=C(Nc1cccc(C(F)(F)F)c1)C(=O)c1c(O)[nH]c2ccccc12. The summed E-state index contributed by atoms with van der Waals surface area (Å²) >= 11 is 0. The van der Waals surface area contributed by atoms with Crippen molar-refractivity contribution in [3.63, 3.8) is 0 Å². The lowest BCUT2D eigenvalue weighted by Gasteiger charge is -2.09. The van der Waals surface area contributed by atoms with Gasteiger partial charge in [-0.1, -0.05) is 24.3 Å². The van der Waals surface area contributed by atoms with Crippen molar-refractivity contribution < 1.29 is 27.9 Å². The normalized spacial score (nSPS) is 11.5. The second kappa shape index (κ2) is 5.97. The lowest BCUT2D eigenvalue weighted by Crippen LogP contribution is -2.23. The molecule has 128 valence electrons. The van der Waals surface area contributed by atoms with Crippen LogP contribution in [-0.4, -0.2) is 21.8 Å². The number of anilines is 1.